The standard InChI is InChI=1S/C11H14Cl2N2O2S.ClH/c12-9-3-1-4-10(13)11(9)18(16,17)15-7-2-5-14-6-8-15;/h1,3-4,14H,2,5-8H2;1H. The molecule has 1 aromatic carbocycles. The smallest absolute Gasteiger partial charge is 0.246 e. The zero-order chi connectivity index (χ0) is 13.2. The van der Waals surface area contributed by atoms with Crippen molar-refractivity contribution in [3.8, 4) is 0 Å². The molecule has 1 aliphatic heterocycles. The second-order valence-electron chi connectivity index (χ2n) is 4.06. The SMILES string of the molecule is Cl.O=S(=O)(c1c(Cl)cccc1Cl)N1CCCNCC1. The molecule has 1 N–H and O–H groups in total. The molecule has 0 bridgehead atoms. The van der Waals surface area contributed by atoms with Crippen molar-refractivity contribution in [1.29, 1.82) is 0 Å². The van der Waals surface area contributed by atoms with Crippen molar-refractivity contribution in [2.75, 3.05) is 26.2 Å². The Labute approximate surface area is 129 Å². The van der Waals surface area contributed by atoms with Gasteiger partial charge in [-0.25, -0.2) is 8.42 Å². The molecule has 0 radical (unpaired) electrons. The van der Waals surface area contributed by atoms with Gasteiger partial charge in [0.2, 0.25) is 10.0 Å². The first kappa shape index (κ1) is 17.0. The maximum atomic E-state index is 12.5. The molecule has 19 heavy (non-hydrogen) atoms. The molecule has 0 spiro atoms. The fourth-order valence-electron chi connectivity index (χ4n) is 1.92. The van der Waals surface area contributed by atoms with Gasteiger partial charge in [0.25, 0.3) is 0 Å². The van der Waals surface area contributed by atoms with Crippen LogP contribution in [0.4, 0.5) is 0 Å². The number of sulfonamides is 1. The summed E-state index contributed by atoms with van der Waals surface area (Å²) in [4.78, 5) is 0.00948. The number of nitrogens with one attached hydrogen (secondary N) is 1. The molecular formula is C11H15Cl3N2O2S. The summed E-state index contributed by atoms with van der Waals surface area (Å²) < 4.78 is 26.5. The first-order valence-corrected chi connectivity index (χ1v) is 7.88. The Morgan fingerprint density at radius 3 is 2.37 bits per heavy atom. The summed E-state index contributed by atoms with van der Waals surface area (Å²) in [5.74, 6) is 0. The van der Waals surface area contributed by atoms with Gasteiger partial charge in [-0.15, -0.1) is 12.4 Å². The number of nitrogens with zero attached hydrogens (tertiary/aromatic N) is 1. The third kappa shape index (κ3) is 3.74. The molecule has 0 unspecified atom stereocenters. The molecule has 1 aromatic rings. The van der Waals surface area contributed by atoms with E-state index in [0.29, 0.717) is 19.6 Å². The molecule has 1 saturated heterocycles. The number of halogens is 3. The largest absolute Gasteiger partial charge is 0.315 e. The number of hydrogen-bond acceptors (Lipinski definition) is 3. The zero-order valence-corrected chi connectivity index (χ0v) is 13.2. The lowest BCUT2D eigenvalue weighted by Crippen LogP contribution is -2.34. The molecule has 0 atom stereocenters. The van der Waals surface area contributed by atoms with Crippen molar-refractivity contribution in [3.63, 3.8) is 0 Å². The van der Waals surface area contributed by atoms with Crippen molar-refractivity contribution in [2.24, 2.45) is 0 Å². The lowest BCUT2D eigenvalue weighted by molar-refractivity contribution is 0.432. The van der Waals surface area contributed by atoms with Crippen LogP contribution in [0.3, 0.4) is 0 Å². The highest BCUT2D eigenvalue weighted by Gasteiger charge is 2.29. The van der Waals surface area contributed by atoms with Gasteiger partial charge < -0.3 is 5.32 Å². The quantitative estimate of drug-likeness (QED) is 0.895. The van der Waals surface area contributed by atoms with Crippen LogP contribution < -0.4 is 5.32 Å². The summed E-state index contributed by atoms with van der Waals surface area (Å²) >= 11 is 11.9. The van der Waals surface area contributed by atoms with Crippen LogP contribution in [-0.2, 0) is 10.0 Å². The summed E-state index contributed by atoms with van der Waals surface area (Å²) in [6.07, 6.45) is 0.779. The predicted octanol–water partition coefficient (Wildman–Crippen LogP) is 2.40. The Balaban J connectivity index is 0.00000180. The van der Waals surface area contributed by atoms with Gasteiger partial charge >= 0.3 is 0 Å². The van der Waals surface area contributed by atoms with Crippen LogP contribution in [0.5, 0.6) is 0 Å². The van der Waals surface area contributed by atoms with Crippen molar-refractivity contribution >= 4 is 45.6 Å². The monoisotopic (exact) mass is 344 g/mol. The Morgan fingerprint density at radius 2 is 1.74 bits per heavy atom. The topological polar surface area (TPSA) is 49.4 Å². The molecule has 1 heterocycles. The molecule has 0 saturated carbocycles. The molecule has 0 aromatic heterocycles. The van der Waals surface area contributed by atoms with Crippen molar-refractivity contribution < 1.29 is 8.42 Å². The highest BCUT2D eigenvalue weighted by atomic mass is 35.5. The maximum absolute atomic E-state index is 12.5. The van der Waals surface area contributed by atoms with E-state index in [9.17, 15) is 8.42 Å². The lowest BCUT2D eigenvalue weighted by atomic mass is 10.4. The van der Waals surface area contributed by atoms with E-state index in [2.05, 4.69) is 5.32 Å². The summed E-state index contributed by atoms with van der Waals surface area (Å²) in [6, 6.07) is 4.71. The molecule has 1 fully saturated rings. The Kier molecular flexibility index (Phi) is 6.36. The van der Waals surface area contributed by atoms with Gasteiger partial charge in [-0.05, 0) is 25.1 Å². The third-order valence-corrected chi connectivity index (χ3v) is 5.67. The van der Waals surface area contributed by atoms with Crippen LogP contribution in [0.15, 0.2) is 23.1 Å². The average Bonchev–Trinajstić information content (AvgIpc) is 2.57. The van der Waals surface area contributed by atoms with Gasteiger partial charge in [-0.3, -0.25) is 0 Å². The van der Waals surface area contributed by atoms with Crippen molar-refractivity contribution in [1.82, 2.24) is 9.62 Å². The first-order chi connectivity index (χ1) is 8.53. The van der Waals surface area contributed by atoms with Gasteiger partial charge in [0.15, 0.2) is 0 Å². The third-order valence-electron chi connectivity index (χ3n) is 2.82. The second-order valence-corrected chi connectivity index (χ2v) is 6.75. The predicted molar refractivity (Wildman–Crippen MR) is 80.0 cm³/mol. The minimum atomic E-state index is -3.62. The molecule has 108 valence electrons. The van der Waals surface area contributed by atoms with Gasteiger partial charge in [-0.1, -0.05) is 29.3 Å². The molecular weight excluding hydrogens is 331 g/mol. The van der Waals surface area contributed by atoms with Crippen LogP contribution in [0.2, 0.25) is 10.0 Å². The van der Waals surface area contributed by atoms with E-state index < -0.39 is 10.0 Å². The Bertz CT molecular complexity index is 508. The minimum absolute atomic E-state index is 0. The fourth-order valence-corrected chi connectivity index (χ4v) is 4.49. The Hall–Kier alpha value is -0.0400. The minimum Gasteiger partial charge on any atom is -0.315 e. The van der Waals surface area contributed by atoms with E-state index >= 15 is 0 Å². The van der Waals surface area contributed by atoms with Crippen molar-refractivity contribution in [3.05, 3.63) is 28.2 Å². The van der Waals surface area contributed by atoms with E-state index in [-0.39, 0.29) is 27.3 Å². The number of benzene rings is 1. The van der Waals surface area contributed by atoms with E-state index in [1.807, 2.05) is 0 Å². The van der Waals surface area contributed by atoms with Gasteiger partial charge in [0, 0.05) is 19.6 Å². The fraction of sp³-hybridized carbons (Fsp3) is 0.455. The van der Waals surface area contributed by atoms with E-state index in [0.717, 1.165) is 13.0 Å². The first-order valence-electron chi connectivity index (χ1n) is 5.68. The maximum Gasteiger partial charge on any atom is 0.246 e. The highest BCUT2D eigenvalue weighted by molar-refractivity contribution is 7.89. The highest BCUT2D eigenvalue weighted by Crippen LogP contribution is 2.31. The van der Waals surface area contributed by atoms with E-state index in [1.54, 1.807) is 6.07 Å². The van der Waals surface area contributed by atoms with Gasteiger partial charge in [-0.2, -0.15) is 4.31 Å². The average molecular weight is 346 g/mol. The molecule has 1 aliphatic rings. The van der Waals surface area contributed by atoms with Gasteiger partial charge in [0.05, 0.1) is 10.0 Å². The normalized spacial score (nSPS) is 17.6. The summed E-state index contributed by atoms with van der Waals surface area (Å²) in [7, 11) is -3.62. The lowest BCUT2D eigenvalue weighted by Gasteiger charge is -2.20. The van der Waals surface area contributed by atoms with Crippen molar-refractivity contribution in [2.45, 2.75) is 11.3 Å². The van der Waals surface area contributed by atoms with E-state index in [1.165, 1.54) is 16.4 Å². The van der Waals surface area contributed by atoms with Crippen LogP contribution in [0, 0.1) is 0 Å². The zero-order valence-electron chi connectivity index (χ0n) is 10.1. The van der Waals surface area contributed by atoms with Crippen LogP contribution in [-0.4, -0.2) is 38.9 Å². The van der Waals surface area contributed by atoms with Gasteiger partial charge in [0.1, 0.15) is 4.90 Å². The molecule has 4 nitrogen and oxygen atoms in total. The van der Waals surface area contributed by atoms with E-state index in [4.69, 9.17) is 23.2 Å². The summed E-state index contributed by atoms with van der Waals surface area (Å²) in [5.41, 5.74) is 0. The Morgan fingerprint density at radius 1 is 1.11 bits per heavy atom. The molecule has 8 heteroatoms. The van der Waals surface area contributed by atoms with Crippen LogP contribution >= 0.6 is 35.6 Å². The summed E-state index contributed by atoms with van der Waals surface area (Å²) in [5, 5.41) is 3.49. The van der Waals surface area contributed by atoms with Crippen LogP contribution in [0.1, 0.15) is 6.42 Å². The van der Waals surface area contributed by atoms with Crippen LogP contribution in [0.25, 0.3) is 0 Å². The number of hydrogen-bond donors (Lipinski definition) is 1. The molecule has 0 aliphatic carbocycles. The molecule has 0 amide bonds. The summed E-state index contributed by atoms with van der Waals surface area (Å²) in [6.45, 7) is 2.38. The second kappa shape index (κ2) is 7.11. The molecule has 2 rings (SSSR count). The number of rotatable bonds is 2.